The van der Waals surface area contributed by atoms with Gasteiger partial charge in [0.05, 0.1) is 18.3 Å². The molecule has 1 saturated heterocycles. The Hall–Kier alpha value is 0.600. The van der Waals surface area contributed by atoms with E-state index < -0.39 is 8.60 Å². The average molecular weight is 213 g/mol. The molecule has 12 heavy (non-hydrogen) atoms. The van der Waals surface area contributed by atoms with E-state index in [-0.39, 0.29) is 18.3 Å². The third kappa shape index (κ3) is 2.82. The zero-order valence-corrected chi connectivity index (χ0v) is 9.14. The number of halogens is 1. The zero-order valence-electron chi connectivity index (χ0n) is 7.49. The molecule has 0 radical (unpaired) electrons. The first kappa shape index (κ1) is 10.7. The van der Waals surface area contributed by atoms with Crippen LogP contribution in [0.15, 0.2) is 0 Å². The first-order valence-electron chi connectivity index (χ1n) is 4.00. The monoisotopic (exact) mass is 212 g/mol. The maximum Gasteiger partial charge on any atom is 0.333 e. The quantitative estimate of drug-likeness (QED) is 0.532. The van der Waals surface area contributed by atoms with Crippen molar-refractivity contribution in [3.05, 3.63) is 0 Å². The minimum absolute atomic E-state index is 0.00437. The van der Waals surface area contributed by atoms with Crippen LogP contribution in [0.1, 0.15) is 20.8 Å². The summed E-state index contributed by atoms with van der Waals surface area (Å²) in [6.45, 7) is 5.85. The highest BCUT2D eigenvalue weighted by molar-refractivity contribution is 7.42. The molecule has 3 unspecified atom stereocenters. The Morgan fingerprint density at radius 1 is 1.42 bits per heavy atom. The minimum Gasteiger partial charge on any atom is -0.308 e. The molecule has 0 aliphatic carbocycles. The number of rotatable bonds is 3. The van der Waals surface area contributed by atoms with Gasteiger partial charge in [0.1, 0.15) is 0 Å². The third-order valence-corrected chi connectivity index (χ3v) is 3.62. The predicted octanol–water partition coefficient (Wildman–Crippen LogP) is 2.68. The van der Waals surface area contributed by atoms with Crippen molar-refractivity contribution < 1.29 is 13.6 Å². The Morgan fingerprint density at radius 2 is 1.92 bits per heavy atom. The van der Waals surface area contributed by atoms with Crippen LogP contribution in [0.4, 0.5) is 0 Å². The van der Waals surface area contributed by atoms with Gasteiger partial charge in [0.15, 0.2) is 0 Å². The highest BCUT2D eigenvalue weighted by Crippen LogP contribution is 2.50. The van der Waals surface area contributed by atoms with Crippen LogP contribution < -0.4 is 0 Å². The molecule has 3 nitrogen and oxygen atoms in total. The van der Waals surface area contributed by atoms with Gasteiger partial charge in [-0.3, -0.25) is 0 Å². The van der Waals surface area contributed by atoms with Crippen LogP contribution in [0.3, 0.4) is 0 Å². The lowest BCUT2D eigenvalue weighted by Gasteiger charge is -2.12. The van der Waals surface area contributed by atoms with Crippen LogP contribution in [0.5, 0.6) is 0 Å². The highest BCUT2D eigenvalue weighted by Gasteiger charge is 2.33. The van der Waals surface area contributed by atoms with Crippen molar-refractivity contribution in [3.63, 3.8) is 0 Å². The molecule has 0 aromatic rings. The summed E-state index contributed by atoms with van der Waals surface area (Å²) in [5, 5.41) is 0. The van der Waals surface area contributed by atoms with Gasteiger partial charge in [-0.15, -0.1) is 11.6 Å². The molecular weight excluding hydrogens is 199 g/mol. The van der Waals surface area contributed by atoms with Crippen LogP contribution in [0.2, 0.25) is 0 Å². The fraction of sp³-hybridized carbons (Fsp3) is 1.00. The topological polar surface area (TPSA) is 27.7 Å². The van der Waals surface area contributed by atoms with E-state index in [0.29, 0.717) is 5.88 Å². The van der Waals surface area contributed by atoms with Gasteiger partial charge in [0.25, 0.3) is 0 Å². The Labute approximate surface area is 79.3 Å². The van der Waals surface area contributed by atoms with E-state index in [2.05, 4.69) is 0 Å². The summed E-state index contributed by atoms with van der Waals surface area (Å²) in [6, 6.07) is 0. The third-order valence-electron chi connectivity index (χ3n) is 1.65. The van der Waals surface area contributed by atoms with Crippen LogP contribution >= 0.6 is 20.2 Å². The number of hydrogen-bond donors (Lipinski definition) is 0. The van der Waals surface area contributed by atoms with Gasteiger partial charge < -0.3 is 13.6 Å². The maximum absolute atomic E-state index is 5.58. The fourth-order valence-corrected chi connectivity index (χ4v) is 2.25. The van der Waals surface area contributed by atoms with E-state index in [4.69, 9.17) is 25.2 Å². The summed E-state index contributed by atoms with van der Waals surface area (Å²) >= 11 is 5.58. The molecular formula is C7H14ClO3P. The standard InChI is InChI=1S/C7H14ClO3P/c1-5(4-8)9-12-10-6(2)7(3)11-12/h5-7H,4H2,1-3H3. The number of alkyl halides is 1. The van der Waals surface area contributed by atoms with Gasteiger partial charge in [-0.2, -0.15) is 0 Å². The molecule has 1 fully saturated rings. The van der Waals surface area contributed by atoms with E-state index in [9.17, 15) is 0 Å². The molecule has 0 saturated carbocycles. The normalized spacial score (nSPS) is 38.5. The number of hydrogen-bond acceptors (Lipinski definition) is 3. The average Bonchev–Trinajstić information content (AvgIpc) is 2.31. The smallest absolute Gasteiger partial charge is 0.308 e. The summed E-state index contributed by atoms with van der Waals surface area (Å²) in [5.74, 6) is 0.467. The largest absolute Gasteiger partial charge is 0.333 e. The van der Waals surface area contributed by atoms with Crippen molar-refractivity contribution >= 4 is 20.2 Å². The lowest BCUT2D eigenvalue weighted by Crippen LogP contribution is -2.13. The molecule has 0 aromatic heterocycles. The van der Waals surface area contributed by atoms with Crippen LogP contribution in [-0.4, -0.2) is 24.2 Å². The lowest BCUT2D eigenvalue weighted by atomic mass is 10.3. The molecule has 1 aliphatic rings. The molecule has 5 heteroatoms. The van der Waals surface area contributed by atoms with E-state index in [1.807, 2.05) is 20.8 Å². The Kier molecular flexibility index (Phi) is 4.21. The molecule has 0 amide bonds. The second-order valence-electron chi connectivity index (χ2n) is 2.91. The second-order valence-corrected chi connectivity index (χ2v) is 4.30. The summed E-state index contributed by atoms with van der Waals surface area (Å²) in [4.78, 5) is 0. The fourth-order valence-electron chi connectivity index (χ4n) is 0.693. The molecule has 0 bridgehead atoms. The molecule has 1 heterocycles. The molecule has 1 aliphatic heterocycles. The predicted molar refractivity (Wildman–Crippen MR) is 49.3 cm³/mol. The maximum atomic E-state index is 5.58. The van der Waals surface area contributed by atoms with Crippen molar-refractivity contribution in [1.29, 1.82) is 0 Å². The van der Waals surface area contributed by atoms with Crippen molar-refractivity contribution in [2.75, 3.05) is 5.88 Å². The molecule has 0 spiro atoms. The molecule has 0 N–H and O–H groups in total. The van der Waals surface area contributed by atoms with Gasteiger partial charge in [-0.05, 0) is 20.8 Å². The van der Waals surface area contributed by atoms with Crippen molar-refractivity contribution in [3.8, 4) is 0 Å². The first-order chi connectivity index (χ1) is 5.63. The molecule has 72 valence electrons. The molecule has 0 aromatic carbocycles. The Morgan fingerprint density at radius 3 is 2.33 bits per heavy atom. The SMILES string of the molecule is CC(CCl)OP1OC(C)C(C)O1. The van der Waals surface area contributed by atoms with Gasteiger partial charge >= 0.3 is 8.60 Å². The second kappa shape index (κ2) is 4.73. The van der Waals surface area contributed by atoms with Gasteiger partial charge in [0.2, 0.25) is 0 Å². The van der Waals surface area contributed by atoms with Gasteiger partial charge in [-0.1, -0.05) is 0 Å². The molecule has 3 atom stereocenters. The van der Waals surface area contributed by atoms with E-state index in [0.717, 1.165) is 0 Å². The first-order valence-corrected chi connectivity index (χ1v) is 5.63. The van der Waals surface area contributed by atoms with E-state index in [1.54, 1.807) is 0 Å². The Balaban J connectivity index is 2.27. The molecule has 1 rings (SSSR count). The van der Waals surface area contributed by atoms with E-state index in [1.165, 1.54) is 0 Å². The van der Waals surface area contributed by atoms with Crippen LogP contribution in [-0.2, 0) is 13.6 Å². The van der Waals surface area contributed by atoms with Gasteiger partial charge in [0, 0.05) is 5.88 Å². The van der Waals surface area contributed by atoms with Crippen molar-refractivity contribution in [2.45, 2.75) is 39.1 Å². The summed E-state index contributed by atoms with van der Waals surface area (Å²) in [5.41, 5.74) is 0. The van der Waals surface area contributed by atoms with Crippen LogP contribution in [0.25, 0.3) is 0 Å². The van der Waals surface area contributed by atoms with Crippen LogP contribution in [0, 0.1) is 0 Å². The van der Waals surface area contributed by atoms with E-state index >= 15 is 0 Å². The summed E-state index contributed by atoms with van der Waals surface area (Å²) < 4.78 is 16.2. The van der Waals surface area contributed by atoms with Crippen molar-refractivity contribution in [2.24, 2.45) is 0 Å². The summed E-state index contributed by atoms with van der Waals surface area (Å²) in [6.07, 6.45) is 0.243. The highest BCUT2D eigenvalue weighted by atomic mass is 35.5. The summed E-state index contributed by atoms with van der Waals surface area (Å²) in [7, 11) is -1.15. The minimum atomic E-state index is -1.15. The van der Waals surface area contributed by atoms with Gasteiger partial charge in [-0.25, -0.2) is 0 Å². The zero-order chi connectivity index (χ0) is 9.14. The Bertz CT molecular complexity index is 137. The lowest BCUT2D eigenvalue weighted by molar-refractivity contribution is 0.187. The van der Waals surface area contributed by atoms with Crippen molar-refractivity contribution in [1.82, 2.24) is 0 Å².